The van der Waals surface area contributed by atoms with Crippen LogP contribution >= 0.6 is 136 Å². The third-order valence-corrected chi connectivity index (χ3v) is 33.8. The number of hydrogen-bond donors (Lipinski definition) is 2. The number of piperazine rings is 6. The number of fused-ring (bicyclic) bond motifs is 2. The Bertz CT molecular complexity index is 3410. The van der Waals surface area contributed by atoms with Crippen LogP contribution in [0.1, 0.15) is 95.6 Å². The largest absolute Gasteiger partial charge is 0.748 e. The first-order chi connectivity index (χ1) is 43.2. The van der Waals surface area contributed by atoms with Gasteiger partial charge in [-0.15, -0.1) is 0 Å². The van der Waals surface area contributed by atoms with E-state index in [1.165, 1.54) is 93.1 Å². The van der Waals surface area contributed by atoms with Crippen LogP contribution in [-0.2, 0) is 40.7 Å². The highest BCUT2D eigenvalue weighted by Crippen LogP contribution is 2.54. The molecule has 2 aromatic carbocycles. The van der Waals surface area contributed by atoms with Crippen molar-refractivity contribution < 1.29 is 58.0 Å². The van der Waals surface area contributed by atoms with Crippen molar-refractivity contribution in [2.75, 3.05) is 180 Å². The molecule has 6 fully saturated rings. The summed E-state index contributed by atoms with van der Waals surface area (Å²) >= 11 is 14.3. The Kier molecular flexibility index (Phi) is 25.1. The Hall–Kier alpha value is -0.230. The first-order valence-corrected chi connectivity index (χ1v) is 42.6. The number of allylic oxidation sites excluding steroid dienone is 8. The number of halogens is 6. The van der Waals surface area contributed by atoms with Gasteiger partial charge in [0.05, 0.1) is 99.6 Å². The maximum Gasteiger partial charge on any atom is 0.237 e. The molecule has 8 aliphatic heterocycles. The number of anilines is 1. The quantitative estimate of drug-likeness (QED) is 0.0219. The van der Waals surface area contributed by atoms with Crippen molar-refractivity contribution in [3.05, 3.63) is 92.9 Å². The summed E-state index contributed by atoms with van der Waals surface area (Å²) in [5.41, 5.74) is 4.59. The van der Waals surface area contributed by atoms with E-state index in [9.17, 15) is 35.5 Å². The lowest BCUT2D eigenvalue weighted by Crippen LogP contribution is -2.73. The van der Waals surface area contributed by atoms with Crippen LogP contribution in [0, 0.1) is 21.4 Å². The average Bonchev–Trinajstić information content (AvgIpc) is 1.59. The number of benzene rings is 2. The second kappa shape index (κ2) is 31.1. The highest BCUT2D eigenvalue weighted by atomic mass is 127. The highest BCUT2D eigenvalue weighted by molar-refractivity contribution is 14.1. The number of hydrogen-bond acceptors (Lipinski definition) is 11. The molecular formula is C65H93I6N10O8S2+3. The van der Waals surface area contributed by atoms with Crippen LogP contribution in [0.4, 0.5) is 11.4 Å². The summed E-state index contributed by atoms with van der Waals surface area (Å²) < 4.78 is 87.2. The molecule has 18 nitrogen and oxygen atoms in total. The van der Waals surface area contributed by atoms with E-state index in [4.69, 9.17) is 0 Å². The SMILES string of the molecule is CC1(CCCCCC(=O)N2CC[N+]3(CC2)CC[N+]2(CCNCC2)CC3)C(=CC=CC=CC=CC2=[N+](CS(=O)(=O)[O-])c3cc(I)c(I)c(I)c3C2(C)CCCCCC(=O)N2CC[N+]3(CC2)CC[N+]2(CCNCC2)CC3)N(CCCS(=O)(=O)[O-])c2cc(I)c(I)c(I)c21. The van der Waals surface area contributed by atoms with Gasteiger partial charge < -0.3 is 52.4 Å². The van der Waals surface area contributed by atoms with Crippen molar-refractivity contribution in [1.82, 2.24) is 20.4 Å². The molecule has 26 heteroatoms. The Labute approximate surface area is 624 Å². The number of nitrogens with zero attached hydrogens (tertiary/aromatic N) is 8. The third-order valence-electron chi connectivity index (χ3n) is 22.2. The maximum absolute atomic E-state index is 13.7. The van der Waals surface area contributed by atoms with E-state index in [2.05, 4.69) is 187 Å². The molecule has 2 atom stereocenters. The lowest BCUT2D eigenvalue weighted by Gasteiger charge is -2.53. The maximum atomic E-state index is 13.7. The number of quaternary nitrogens is 4. The molecule has 2 unspecified atom stereocenters. The van der Waals surface area contributed by atoms with Gasteiger partial charge in [0.25, 0.3) is 0 Å². The minimum atomic E-state index is -4.70. The van der Waals surface area contributed by atoms with Gasteiger partial charge in [-0.25, -0.2) is 16.8 Å². The Morgan fingerprint density at radius 3 is 1.46 bits per heavy atom. The zero-order valence-corrected chi connectivity index (χ0v) is 67.6. The highest BCUT2D eigenvalue weighted by Gasteiger charge is 2.51. The number of rotatable bonds is 22. The monoisotopic (exact) mass is 1970 g/mol. The summed E-state index contributed by atoms with van der Waals surface area (Å²) in [6.07, 6.45) is 21.5. The van der Waals surface area contributed by atoms with E-state index in [1.54, 1.807) is 4.58 Å². The standard InChI is InChI=1S/C65H93I6N10O8S2/c1-64(19-12-6-10-17-56(82)74-26-34-80(35-27-74)42-38-78(39-43-80)30-21-72-22-31-78)54(76(25-14-46-90(84,85)86)52-47-50(66)60(68)62(70)58(52)64)15-8-4-3-5-9-16-55-65(2,59-53(77(55)49-91(87,88)89)48-51(67)61(69)63(59)71)20-13-7-11-18-57(83)75-28-36-81(37-29-75)44-40-79(41-45-81)32-23-73-24-33-79/h3-5,8-9,15-16,47-48,72-73H,6-7,10-14,17-46,49H2,1-2H3/q+3. The predicted molar refractivity (Wildman–Crippen MR) is 409 cm³/mol. The van der Waals surface area contributed by atoms with E-state index in [1.807, 2.05) is 42.5 Å². The van der Waals surface area contributed by atoms with Crippen molar-refractivity contribution >= 4 is 185 Å². The Morgan fingerprint density at radius 2 is 0.978 bits per heavy atom. The van der Waals surface area contributed by atoms with Crippen LogP contribution in [-0.4, -0.2) is 251 Å². The van der Waals surface area contributed by atoms with Crippen LogP contribution in [0.2, 0.25) is 0 Å². The van der Waals surface area contributed by atoms with E-state index >= 15 is 0 Å². The third kappa shape index (κ3) is 17.3. The van der Waals surface area contributed by atoms with Gasteiger partial charge in [0.2, 0.25) is 23.4 Å². The van der Waals surface area contributed by atoms with Gasteiger partial charge in [0.15, 0.2) is 15.8 Å². The van der Waals surface area contributed by atoms with Gasteiger partial charge in [-0.05, 0) is 194 Å². The molecule has 0 radical (unpaired) electrons. The minimum Gasteiger partial charge on any atom is -0.748 e. The van der Waals surface area contributed by atoms with Crippen molar-refractivity contribution in [3.63, 3.8) is 0 Å². The molecule has 8 heterocycles. The molecule has 6 saturated heterocycles. The van der Waals surface area contributed by atoms with Gasteiger partial charge in [-0.2, -0.15) is 4.58 Å². The van der Waals surface area contributed by atoms with Gasteiger partial charge >= 0.3 is 0 Å². The fourth-order valence-corrected chi connectivity index (χ4v) is 22.8. The minimum absolute atomic E-state index is 0.170. The van der Waals surface area contributed by atoms with Crippen molar-refractivity contribution in [2.45, 2.75) is 95.3 Å². The van der Waals surface area contributed by atoms with Crippen LogP contribution in [0.5, 0.6) is 0 Å². The van der Waals surface area contributed by atoms with E-state index in [0.29, 0.717) is 25.8 Å². The smallest absolute Gasteiger partial charge is 0.237 e. The van der Waals surface area contributed by atoms with Crippen LogP contribution < -0.4 is 15.5 Å². The number of unbranched alkanes of at least 4 members (excludes halogenated alkanes) is 4. The number of nitrogens with one attached hydrogen (secondary N) is 2. The summed E-state index contributed by atoms with van der Waals surface area (Å²) in [5, 5.41) is 7.06. The fraction of sp³-hybridized carbons (Fsp3) is 0.646. The molecule has 10 rings (SSSR count). The molecule has 2 N–H and O–H groups in total. The summed E-state index contributed by atoms with van der Waals surface area (Å²) in [5.74, 6) is -0.667. The van der Waals surface area contributed by atoms with Crippen molar-refractivity contribution in [1.29, 1.82) is 0 Å². The zero-order valence-electron chi connectivity index (χ0n) is 53.0. The van der Waals surface area contributed by atoms with Gasteiger partial charge in [0, 0.05) is 107 Å². The second-order valence-electron chi connectivity index (χ2n) is 27.7. The fourth-order valence-electron chi connectivity index (χ4n) is 16.4. The Morgan fingerprint density at radius 1 is 0.538 bits per heavy atom. The van der Waals surface area contributed by atoms with E-state index in [0.717, 1.165) is 182 Å². The average molecular weight is 1970 g/mol. The lowest BCUT2D eigenvalue weighted by molar-refractivity contribution is -1.03. The molecule has 91 heavy (non-hydrogen) atoms. The molecule has 0 aromatic heterocycles. The molecule has 502 valence electrons. The van der Waals surface area contributed by atoms with Crippen LogP contribution in [0.3, 0.4) is 0 Å². The molecule has 0 saturated carbocycles. The zero-order chi connectivity index (χ0) is 65.0. The first kappa shape index (κ1) is 73.5. The first-order valence-electron chi connectivity index (χ1n) is 33.0. The van der Waals surface area contributed by atoms with Gasteiger partial charge in [0.1, 0.15) is 52.4 Å². The van der Waals surface area contributed by atoms with Gasteiger partial charge in [-0.3, -0.25) is 9.59 Å². The summed E-state index contributed by atoms with van der Waals surface area (Å²) in [6.45, 7) is 31.6. The second-order valence-corrected chi connectivity index (χ2v) is 37.2. The molecule has 4 spiro atoms. The van der Waals surface area contributed by atoms with Crippen LogP contribution in [0.15, 0.2) is 60.4 Å². The predicted octanol–water partition coefficient (Wildman–Crippen LogP) is 8.53. The Balaban J connectivity index is 0.802. The molecule has 0 bridgehead atoms. The van der Waals surface area contributed by atoms with E-state index < -0.39 is 42.7 Å². The number of carbonyl (C=O) groups excluding carboxylic acids is 2. The molecule has 0 aliphatic carbocycles. The number of carbonyl (C=O) groups is 2. The van der Waals surface area contributed by atoms with Gasteiger partial charge in [-0.1, -0.05) is 56.1 Å². The summed E-state index contributed by atoms with van der Waals surface area (Å²) in [4.78, 5) is 33.8. The number of amides is 2. The topological polar surface area (TPSA) is 185 Å². The summed E-state index contributed by atoms with van der Waals surface area (Å²) in [7, 11) is -9.14. The lowest BCUT2D eigenvalue weighted by atomic mass is 9.75. The van der Waals surface area contributed by atoms with Crippen LogP contribution in [0.25, 0.3) is 0 Å². The summed E-state index contributed by atoms with van der Waals surface area (Å²) in [6, 6.07) is 4.18. The molecule has 2 aromatic rings. The van der Waals surface area contributed by atoms with Crippen molar-refractivity contribution in [2.24, 2.45) is 0 Å². The molecule has 8 aliphatic rings. The van der Waals surface area contributed by atoms with E-state index in [-0.39, 0.29) is 18.2 Å². The normalized spacial score (nSPS) is 25.2. The molecule has 2 amide bonds. The van der Waals surface area contributed by atoms with Crippen molar-refractivity contribution in [3.8, 4) is 0 Å². The molecular weight excluding hydrogens is 1870 g/mol.